The third-order valence-electron chi connectivity index (χ3n) is 10.3. The van der Waals surface area contributed by atoms with Gasteiger partial charge in [-0.3, -0.25) is 4.90 Å². The van der Waals surface area contributed by atoms with Crippen molar-refractivity contribution in [2.45, 2.75) is 82.3 Å². The fourth-order valence-electron chi connectivity index (χ4n) is 7.45. The van der Waals surface area contributed by atoms with Gasteiger partial charge in [-0.15, -0.1) is 6.58 Å². The molecule has 1 aliphatic carbocycles. The Morgan fingerprint density at radius 3 is 2.30 bits per heavy atom. The number of nitrogens with zero attached hydrogens (tertiary/aromatic N) is 1. The molecule has 4 aromatic rings. The fourth-order valence-corrected chi connectivity index (χ4v) is 7.45. The lowest BCUT2D eigenvalue weighted by molar-refractivity contribution is -0.253. The molecule has 9 heteroatoms. The molecule has 6 rings (SSSR count). The number of amides is 2. The van der Waals surface area contributed by atoms with Crippen molar-refractivity contribution in [3.63, 3.8) is 0 Å². The number of aliphatic hydroxyl groups is 1. The van der Waals surface area contributed by atoms with Gasteiger partial charge >= 0.3 is 12.0 Å². The molecule has 1 aliphatic heterocycles. The Bertz CT molecular complexity index is 1780. The van der Waals surface area contributed by atoms with Gasteiger partial charge in [-0.05, 0) is 46.2 Å². The summed E-state index contributed by atoms with van der Waals surface area (Å²) in [5.41, 5.74) is 6.68. The molecule has 1 saturated heterocycles. The number of methoxy groups -OCH3 is 1. The summed E-state index contributed by atoms with van der Waals surface area (Å²) in [4.78, 5) is 28.0. The molecule has 4 aromatic carbocycles. The van der Waals surface area contributed by atoms with Gasteiger partial charge in [0.2, 0.25) is 0 Å². The Hall–Kier alpha value is -4.80. The summed E-state index contributed by atoms with van der Waals surface area (Å²) in [6, 6.07) is 32.9. The van der Waals surface area contributed by atoms with Gasteiger partial charge in [0.15, 0.2) is 6.29 Å². The topological polar surface area (TPSA) is 109 Å². The molecular weight excluding hydrogens is 666 g/mol. The molecule has 0 radical (unpaired) electrons. The molecular formula is C44H51N3O6. The quantitative estimate of drug-likeness (QED) is 0.0869. The van der Waals surface area contributed by atoms with Crippen molar-refractivity contribution >= 4 is 12.0 Å². The van der Waals surface area contributed by atoms with Crippen LogP contribution in [-0.4, -0.2) is 60.4 Å². The second-order valence-corrected chi connectivity index (χ2v) is 13.9. The first-order valence-electron chi connectivity index (χ1n) is 18.6. The Balaban J connectivity index is 1.15. The monoisotopic (exact) mass is 717 g/mol. The van der Waals surface area contributed by atoms with Gasteiger partial charge < -0.3 is 30.0 Å². The first-order valence-corrected chi connectivity index (χ1v) is 18.6. The van der Waals surface area contributed by atoms with E-state index >= 15 is 0 Å². The maximum absolute atomic E-state index is 13.0. The molecule has 53 heavy (non-hydrogen) atoms. The molecule has 0 bridgehead atoms. The third-order valence-corrected chi connectivity index (χ3v) is 10.3. The highest BCUT2D eigenvalue weighted by atomic mass is 16.7. The third kappa shape index (κ3) is 10.2. The summed E-state index contributed by atoms with van der Waals surface area (Å²) in [5, 5.41) is 15.3. The summed E-state index contributed by atoms with van der Waals surface area (Å²) in [5.74, 6) is -0.504. The average molecular weight is 718 g/mol. The summed E-state index contributed by atoms with van der Waals surface area (Å²) in [6.07, 6.45) is 7.22. The summed E-state index contributed by atoms with van der Waals surface area (Å²) in [6.45, 7) is 5.93. The van der Waals surface area contributed by atoms with Crippen molar-refractivity contribution in [2.75, 3.05) is 20.2 Å². The van der Waals surface area contributed by atoms with Crippen LogP contribution in [0.1, 0.15) is 72.3 Å². The molecule has 2 fully saturated rings. The molecule has 2 aliphatic rings. The number of carbonyl (C=O) groups excluding carboxylic acids is 2. The summed E-state index contributed by atoms with van der Waals surface area (Å²) >= 11 is 0. The van der Waals surface area contributed by atoms with Crippen molar-refractivity contribution in [1.82, 2.24) is 15.5 Å². The van der Waals surface area contributed by atoms with Crippen LogP contribution in [0.4, 0.5) is 4.79 Å². The second-order valence-electron chi connectivity index (χ2n) is 13.9. The first-order chi connectivity index (χ1) is 25.9. The largest absolute Gasteiger partial charge is 0.467 e. The summed E-state index contributed by atoms with van der Waals surface area (Å²) < 4.78 is 18.3. The maximum Gasteiger partial charge on any atom is 0.328 e. The molecule has 1 heterocycles. The Morgan fingerprint density at radius 2 is 1.60 bits per heavy atom. The van der Waals surface area contributed by atoms with E-state index in [2.05, 4.69) is 34.2 Å². The van der Waals surface area contributed by atoms with Crippen LogP contribution in [0.2, 0.25) is 0 Å². The van der Waals surface area contributed by atoms with E-state index in [4.69, 9.17) is 14.2 Å². The lowest BCUT2D eigenvalue weighted by atomic mass is 9.97. The van der Waals surface area contributed by atoms with Crippen molar-refractivity contribution < 1.29 is 28.9 Å². The molecule has 1 saturated carbocycles. The van der Waals surface area contributed by atoms with Crippen LogP contribution >= 0.6 is 0 Å². The van der Waals surface area contributed by atoms with Crippen LogP contribution in [0, 0.1) is 0 Å². The van der Waals surface area contributed by atoms with Crippen molar-refractivity contribution in [3.8, 4) is 11.1 Å². The minimum atomic E-state index is -0.818. The van der Waals surface area contributed by atoms with Gasteiger partial charge in [-0.25, -0.2) is 9.59 Å². The molecule has 4 atom stereocenters. The predicted octanol–water partition coefficient (Wildman–Crippen LogP) is 7.41. The zero-order valence-corrected chi connectivity index (χ0v) is 30.5. The Morgan fingerprint density at radius 1 is 0.906 bits per heavy atom. The highest BCUT2D eigenvalue weighted by Gasteiger charge is 2.34. The lowest BCUT2D eigenvalue weighted by Crippen LogP contribution is -2.47. The normalized spacial score (nSPS) is 19.4. The van der Waals surface area contributed by atoms with Crippen LogP contribution in [0.5, 0.6) is 0 Å². The van der Waals surface area contributed by atoms with Gasteiger partial charge in [0, 0.05) is 44.1 Å². The van der Waals surface area contributed by atoms with Crippen LogP contribution in [0.15, 0.2) is 116 Å². The van der Waals surface area contributed by atoms with E-state index in [9.17, 15) is 14.7 Å². The Labute approximate surface area is 313 Å². The number of esters is 1. The van der Waals surface area contributed by atoms with Crippen molar-refractivity contribution in [1.29, 1.82) is 0 Å². The van der Waals surface area contributed by atoms with Gasteiger partial charge in [-0.2, -0.15) is 0 Å². The number of urea groups is 1. The van der Waals surface area contributed by atoms with E-state index in [0.29, 0.717) is 12.5 Å². The van der Waals surface area contributed by atoms with Gasteiger partial charge in [-0.1, -0.05) is 122 Å². The van der Waals surface area contributed by atoms with E-state index in [1.165, 1.54) is 32.8 Å². The molecule has 0 aromatic heterocycles. The van der Waals surface area contributed by atoms with E-state index in [0.717, 1.165) is 58.5 Å². The highest BCUT2D eigenvalue weighted by molar-refractivity contribution is 5.84. The number of carbonyl (C=O) groups is 2. The minimum absolute atomic E-state index is 0.00141. The lowest BCUT2D eigenvalue weighted by Gasteiger charge is -2.39. The van der Waals surface area contributed by atoms with Crippen LogP contribution in [-0.2, 0) is 38.6 Å². The average Bonchev–Trinajstić information content (AvgIpc) is 3.75. The number of hydrogen-bond donors (Lipinski definition) is 3. The minimum Gasteiger partial charge on any atom is -0.467 e. The van der Waals surface area contributed by atoms with Gasteiger partial charge in [0.1, 0.15) is 6.04 Å². The molecule has 3 N–H and O–H groups in total. The predicted molar refractivity (Wildman–Crippen MR) is 206 cm³/mol. The number of aliphatic hydroxyl groups excluding tert-OH is 1. The highest BCUT2D eigenvalue weighted by Crippen LogP contribution is 2.39. The number of benzene rings is 4. The zero-order chi connectivity index (χ0) is 37.0. The number of hydrogen-bond acceptors (Lipinski definition) is 7. The van der Waals surface area contributed by atoms with Crippen molar-refractivity contribution in [3.05, 3.63) is 144 Å². The standard InChI is InChI=1S/C44H51N3O6/c1-3-25-47(37-14-8-9-15-37)29-38-27-41(34-19-17-32(30-48)18-20-34)53-43(52-38)35-23-21-33(22-24-35)39-16-10-7-13-36(39)28-45-44(50)46-40(42(49)51-2)26-31-11-5-4-6-12-31/h3-7,10-13,16-24,37-38,40-41,43,48H,1,8-9,14-15,25-30H2,2H3,(H2,45,46,50)/t38-,40+,41+,43+/m1/s1. The number of ether oxygens (including phenoxy) is 3. The smallest absolute Gasteiger partial charge is 0.328 e. The second kappa shape index (κ2) is 18.8. The van der Waals surface area contributed by atoms with Gasteiger partial charge in [0.25, 0.3) is 0 Å². The van der Waals surface area contributed by atoms with E-state index in [1.807, 2.05) is 97.1 Å². The van der Waals surface area contributed by atoms with E-state index in [1.54, 1.807) is 0 Å². The Kier molecular flexibility index (Phi) is 13.5. The van der Waals surface area contributed by atoms with E-state index in [-0.39, 0.29) is 25.4 Å². The molecule has 0 spiro atoms. The molecule has 2 amide bonds. The van der Waals surface area contributed by atoms with Gasteiger partial charge in [0.05, 0.1) is 25.9 Å². The van der Waals surface area contributed by atoms with Crippen LogP contribution < -0.4 is 10.6 Å². The van der Waals surface area contributed by atoms with Crippen molar-refractivity contribution in [2.24, 2.45) is 0 Å². The maximum atomic E-state index is 13.0. The molecule has 9 nitrogen and oxygen atoms in total. The molecule has 278 valence electrons. The SMILES string of the molecule is C=CCN(C[C@H]1C[C@@H](c2ccc(CO)cc2)O[C@@H](c2ccc(-c3ccccc3CNC(=O)N[C@@H](Cc3ccccc3)C(=O)OC)cc2)O1)C1CCCC1. The zero-order valence-electron chi connectivity index (χ0n) is 30.5. The summed E-state index contributed by atoms with van der Waals surface area (Å²) in [7, 11) is 1.32. The number of nitrogens with one attached hydrogen (secondary N) is 2. The van der Waals surface area contributed by atoms with Crippen LogP contribution in [0.25, 0.3) is 11.1 Å². The first kappa shape index (κ1) is 37.9. The number of rotatable bonds is 15. The van der Waals surface area contributed by atoms with E-state index < -0.39 is 24.3 Å². The molecule has 0 unspecified atom stereocenters. The fraction of sp³-hybridized carbons (Fsp3) is 0.364. The van der Waals surface area contributed by atoms with Crippen LogP contribution in [0.3, 0.4) is 0 Å².